The lowest BCUT2D eigenvalue weighted by molar-refractivity contribution is 0.0910. The van der Waals surface area contributed by atoms with Crippen molar-refractivity contribution in [1.29, 1.82) is 0 Å². The molecule has 4 heteroatoms. The summed E-state index contributed by atoms with van der Waals surface area (Å²) in [6.45, 7) is 6.41. The second-order valence-corrected chi connectivity index (χ2v) is 5.18. The summed E-state index contributed by atoms with van der Waals surface area (Å²) in [5.74, 6) is 0.779. The molecule has 96 valence electrons. The maximum Gasteiger partial charge on any atom is 0.287 e. The molecule has 0 saturated carbocycles. The highest BCUT2D eigenvalue weighted by molar-refractivity contribution is 6.29. The SMILES string of the molecule is CC(C)CCCC(C)NC(=O)c1ccc(Cl)o1. The third kappa shape index (κ3) is 5.26. The van der Waals surface area contributed by atoms with Crippen molar-refractivity contribution in [3.8, 4) is 0 Å². The molecule has 1 aromatic heterocycles. The molecule has 0 saturated heterocycles. The first-order chi connectivity index (χ1) is 7.99. The second-order valence-electron chi connectivity index (χ2n) is 4.80. The van der Waals surface area contributed by atoms with Crippen molar-refractivity contribution in [2.24, 2.45) is 5.92 Å². The van der Waals surface area contributed by atoms with Crippen molar-refractivity contribution in [3.63, 3.8) is 0 Å². The molecule has 1 atom stereocenters. The highest BCUT2D eigenvalue weighted by Crippen LogP contribution is 2.13. The van der Waals surface area contributed by atoms with E-state index >= 15 is 0 Å². The van der Waals surface area contributed by atoms with E-state index < -0.39 is 0 Å². The quantitative estimate of drug-likeness (QED) is 0.840. The number of rotatable bonds is 6. The Bertz CT molecular complexity index is 360. The summed E-state index contributed by atoms with van der Waals surface area (Å²) in [7, 11) is 0. The molecule has 1 unspecified atom stereocenters. The Balaban J connectivity index is 2.31. The molecule has 0 aliphatic rings. The lowest BCUT2D eigenvalue weighted by Crippen LogP contribution is -2.32. The van der Waals surface area contributed by atoms with Crippen molar-refractivity contribution in [1.82, 2.24) is 5.32 Å². The van der Waals surface area contributed by atoms with E-state index in [4.69, 9.17) is 16.0 Å². The molecule has 1 N–H and O–H groups in total. The van der Waals surface area contributed by atoms with Gasteiger partial charge < -0.3 is 9.73 Å². The molecule has 17 heavy (non-hydrogen) atoms. The van der Waals surface area contributed by atoms with Crippen LogP contribution in [0.5, 0.6) is 0 Å². The van der Waals surface area contributed by atoms with Crippen LogP contribution in [0.15, 0.2) is 16.5 Å². The van der Waals surface area contributed by atoms with Gasteiger partial charge >= 0.3 is 0 Å². The van der Waals surface area contributed by atoms with Gasteiger partial charge in [0.1, 0.15) is 0 Å². The predicted octanol–water partition coefficient (Wildman–Crippen LogP) is 3.88. The van der Waals surface area contributed by atoms with Gasteiger partial charge in [-0.05, 0) is 43.0 Å². The smallest absolute Gasteiger partial charge is 0.287 e. The van der Waals surface area contributed by atoms with E-state index in [9.17, 15) is 4.79 Å². The number of hydrogen-bond acceptors (Lipinski definition) is 2. The van der Waals surface area contributed by atoms with Crippen LogP contribution >= 0.6 is 11.6 Å². The maximum atomic E-state index is 11.7. The highest BCUT2D eigenvalue weighted by atomic mass is 35.5. The lowest BCUT2D eigenvalue weighted by atomic mass is 10.0. The molecule has 0 aliphatic heterocycles. The molecular weight excluding hydrogens is 238 g/mol. The van der Waals surface area contributed by atoms with E-state index in [1.807, 2.05) is 6.92 Å². The zero-order valence-corrected chi connectivity index (χ0v) is 11.4. The van der Waals surface area contributed by atoms with Crippen LogP contribution in [0.1, 0.15) is 50.6 Å². The van der Waals surface area contributed by atoms with Gasteiger partial charge in [0.25, 0.3) is 5.91 Å². The van der Waals surface area contributed by atoms with Crippen LogP contribution in [-0.2, 0) is 0 Å². The minimum atomic E-state index is -0.200. The molecular formula is C13H20ClNO2. The van der Waals surface area contributed by atoms with Crippen molar-refractivity contribution in [3.05, 3.63) is 23.1 Å². The van der Waals surface area contributed by atoms with E-state index in [0.29, 0.717) is 5.92 Å². The number of furan rings is 1. The number of hydrogen-bond donors (Lipinski definition) is 1. The molecule has 1 rings (SSSR count). The van der Waals surface area contributed by atoms with E-state index in [-0.39, 0.29) is 22.9 Å². The Kier molecular flexibility index (Phi) is 5.56. The molecule has 0 aliphatic carbocycles. The van der Waals surface area contributed by atoms with Gasteiger partial charge in [-0.3, -0.25) is 4.79 Å². The highest BCUT2D eigenvalue weighted by Gasteiger charge is 2.13. The summed E-state index contributed by atoms with van der Waals surface area (Å²) in [5, 5.41) is 3.13. The van der Waals surface area contributed by atoms with Crippen molar-refractivity contribution < 1.29 is 9.21 Å². The van der Waals surface area contributed by atoms with Gasteiger partial charge in [-0.15, -0.1) is 0 Å². The fourth-order valence-corrected chi connectivity index (χ4v) is 1.78. The van der Waals surface area contributed by atoms with Crippen LogP contribution in [0.3, 0.4) is 0 Å². The van der Waals surface area contributed by atoms with Gasteiger partial charge in [0.2, 0.25) is 0 Å². The van der Waals surface area contributed by atoms with Gasteiger partial charge in [0, 0.05) is 6.04 Å². The van der Waals surface area contributed by atoms with Gasteiger partial charge in [0.15, 0.2) is 11.0 Å². The molecule has 1 heterocycles. The first-order valence-electron chi connectivity index (χ1n) is 6.05. The summed E-state index contributed by atoms with van der Waals surface area (Å²) in [6, 6.07) is 3.31. The normalized spacial score (nSPS) is 12.8. The Morgan fingerprint density at radius 3 is 2.59 bits per heavy atom. The van der Waals surface area contributed by atoms with Crippen LogP contribution in [0.4, 0.5) is 0 Å². The summed E-state index contributed by atoms with van der Waals surface area (Å²) in [4.78, 5) is 11.7. The first-order valence-corrected chi connectivity index (χ1v) is 6.43. The Hall–Kier alpha value is -0.960. The van der Waals surface area contributed by atoms with E-state index in [1.54, 1.807) is 12.1 Å². The van der Waals surface area contributed by atoms with Gasteiger partial charge in [-0.1, -0.05) is 26.7 Å². The van der Waals surface area contributed by atoms with Gasteiger partial charge in [-0.25, -0.2) is 0 Å². The molecule has 0 fully saturated rings. The summed E-state index contributed by atoms with van der Waals surface area (Å²) in [5.41, 5.74) is 0. The molecule has 0 spiro atoms. The van der Waals surface area contributed by atoms with E-state index in [0.717, 1.165) is 12.8 Å². The second kappa shape index (κ2) is 6.70. The topological polar surface area (TPSA) is 42.2 Å². The molecule has 1 amide bonds. The molecule has 0 bridgehead atoms. The molecule has 3 nitrogen and oxygen atoms in total. The maximum absolute atomic E-state index is 11.7. The standard InChI is InChI=1S/C13H20ClNO2/c1-9(2)5-4-6-10(3)15-13(16)11-7-8-12(14)17-11/h7-10H,4-6H2,1-3H3,(H,15,16). The predicted molar refractivity (Wildman–Crippen MR) is 69.3 cm³/mol. The summed E-state index contributed by atoms with van der Waals surface area (Å²) >= 11 is 5.61. The van der Waals surface area contributed by atoms with Crippen LogP contribution in [0.2, 0.25) is 5.22 Å². The van der Waals surface area contributed by atoms with E-state index in [2.05, 4.69) is 19.2 Å². The summed E-state index contributed by atoms with van der Waals surface area (Å²) < 4.78 is 5.04. The molecule has 0 radical (unpaired) electrons. The summed E-state index contributed by atoms with van der Waals surface area (Å²) in [6.07, 6.45) is 3.29. The van der Waals surface area contributed by atoms with Crippen LogP contribution in [-0.4, -0.2) is 11.9 Å². The number of carbonyl (C=O) groups is 1. The number of halogens is 1. The largest absolute Gasteiger partial charge is 0.440 e. The first kappa shape index (κ1) is 14.1. The van der Waals surface area contributed by atoms with E-state index in [1.165, 1.54) is 6.42 Å². The number of nitrogens with one attached hydrogen (secondary N) is 1. The molecule has 1 aromatic rings. The number of carbonyl (C=O) groups excluding carboxylic acids is 1. The van der Waals surface area contributed by atoms with Gasteiger partial charge in [0.05, 0.1) is 0 Å². The Labute approximate surface area is 108 Å². The fourth-order valence-electron chi connectivity index (χ4n) is 1.64. The Morgan fingerprint density at radius 1 is 1.35 bits per heavy atom. The molecule has 0 aromatic carbocycles. The zero-order valence-electron chi connectivity index (χ0n) is 10.6. The minimum absolute atomic E-state index is 0.158. The van der Waals surface area contributed by atoms with Crippen molar-refractivity contribution in [2.75, 3.05) is 0 Å². The van der Waals surface area contributed by atoms with Crippen molar-refractivity contribution in [2.45, 2.75) is 46.1 Å². The average Bonchev–Trinajstić information content (AvgIpc) is 2.64. The monoisotopic (exact) mass is 257 g/mol. The van der Waals surface area contributed by atoms with Gasteiger partial charge in [-0.2, -0.15) is 0 Å². The van der Waals surface area contributed by atoms with Crippen LogP contribution in [0.25, 0.3) is 0 Å². The third-order valence-electron chi connectivity index (χ3n) is 2.59. The lowest BCUT2D eigenvalue weighted by Gasteiger charge is -2.13. The number of amides is 1. The van der Waals surface area contributed by atoms with Crippen LogP contribution < -0.4 is 5.32 Å². The minimum Gasteiger partial charge on any atom is -0.440 e. The Morgan fingerprint density at radius 2 is 2.06 bits per heavy atom. The fraction of sp³-hybridized carbons (Fsp3) is 0.615. The average molecular weight is 258 g/mol. The third-order valence-corrected chi connectivity index (χ3v) is 2.80. The zero-order chi connectivity index (χ0) is 12.8. The van der Waals surface area contributed by atoms with Crippen molar-refractivity contribution >= 4 is 17.5 Å². The van der Waals surface area contributed by atoms with Crippen LogP contribution in [0, 0.1) is 5.92 Å².